The van der Waals surface area contributed by atoms with Crippen LogP contribution in [0.1, 0.15) is 6.42 Å². The van der Waals surface area contributed by atoms with Crippen molar-refractivity contribution in [1.29, 1.82) is 0 Å². The number of hydrogen-bond acceptors (Lipinski definition) is 4. The minimum absolute atomic E-state index is 0.0262. The van der Waals surface area contributed by atoms with Gasteiger partial charge in [-0.3, -0.25) is 19.5 Å². The molecule has 1 saturated heterocycles. The Balaban J connectivity index is 1.38. The molecule has 1 aliphatic heterocycles. The summed E-state index contributed by atoms with van der Waals surface area (Å²) in [5.74, 6) is -0.0262. The van der Waals surface area contributed by atoms with Crippen LogP contribution in [0.2, 0.25) is 5.02 Å². The molecule has 8 heteroatoms. The van der Waals surface area contributed by atoms with Gasteiger partial charge in [0.2, 0.25) is 5.91 Å². The second kappa shape index (κ2) is 8.13. The molecule has 1 fully saturated rings. The first-order valence-corrected chi connectivity index (χ1v) is 9.91. The number of piperazine rings is 1. The lowest BCUT2D eigenvalue weighted by atomic mass is 10.2. The summed E-state index contributed by atoms with van der Waals surface area (Å²) in [7, 11) is 0. The molecule has 7 nitrogen and oxygen atoms in total. The molecular formula is C21H21ClN4O3. The molecule has 4 rings (SSSR count). The molecule has 0 atom stereocenters. The zero-order valence-electron chi connectivity index (χ0n) is 15.8. The van der Waals surface area contributed by atoms with Gasteiger partial charge in [0, 0.05) is 43.3 Å². The summed E-state index contributed by atoms with van der Waals surface area (Å²) in [5.41, 5.74) is 0.464. The van der Waals surface area contributed by atoms with Crippen molar-refractivity contribution in [2.75, 3.05) is 31.1 Å². The number of amides is 1. The Labute approximate surface area is 172 Å². The summed E-state index contributed by atoms with van der Waals surface area (Å²) in [4.78, 5) is 41.3. The number of carbonyl (C=O) groups is 1. The molecule has 0 spiro atoms. The topological polar surface area (TPSA) is 78.4 Å². The van der Waals surface area contributed by atoms with Gasteiger partial charge in [0.1, 0.15) is 0 Å². The van der Waals surface area contributed by atoms with Crippen LogP contribution < -0.4 is 16.0 Å². The Hall–Kier alpha value is -3.06. The number of nitrogens with zero attached hydrogens (tertiary/aromatic N) is 3. The van der Waals surface area contributed by atoms with Crippen LogP contribution in [0.15, 0.2) is 58.1 Å². The molecule has 2 aromatic carbocycles. The fourth-order valence-corrected chi connectivity index (χ4v) is 3.76. The van der Waals surface area contributed by atoms with Crippen LogP contribution >= 0.6 is 11.6 Å². The minimum atomic E-state index is -0.329. The van der Waals surface area contributed by atoms with E-state index in [1.165, 1.54) is 4.68 Å². The lowest BCUT2D eigenvalue weighted by molar-refractivity contribution is -0.131. The van der Waals surface area contributed by atoms with Gasteiger partial charge in [-0.25, -0.2) is 4.68 Å². The number of aromatic nitrogens is 2. The summed E-state index contributed by atoms with van der Waals surface area (Å²) in [6, 6.07) is 14.3. The highest BCUT2D eigenvalue weighted by atomic mass is 35.5. The molecule has 3 aromatic rings. The highest BCUT2D eigenvalue weighted by Crippen LogP contribution is 2.19. The molecule has 0 radical (unpaired) electrons. The third kappa shape index (κ3) is 4.05. The Kier molecular flexibility index (Phi) is 5.40. The highest BCUT2D eigenvalue weighted by Gasteiger charge is 2.21. The Bertz CT molecular complexity index is 1150. The molecule has 0 bridgehead atoms. The SMILES string of the molecule is O=C(CCn1[nH]c(=O)c2ccccc2c1=O)N1CCN(c2ccc(Cl)cc2)CC1. The van der Waals surface area contributed by atoms with Crippen LogP contribution in [0.3, 0.4) is 0 Å². The second-order valence-electron chi connectivity index (χ2n) is 7.04. The van der Waals surface area contributed by atoms with Crippen molar-refractivity contribution in [3.63, 3.8) is 0 Å². The maximum Gasteiger partial charge on any atom is 0.273 e. The number of fused-ring (bicyclic) bond motifs is 1. The van der Waals surface area contributed by atoms with Crippen LogP contribution in [-0.2, 0) is 11.3 Å². The minimum Gasteiger partial charge on any atom is -0.368 e. The predicted molar refractivity (Wildman–Crippen MR) is 114 cm³/mol. The second-order valence-corrected chi connectivity index (χ2v) is 7.47. The largest absolute Gasteiger partial charge is 0.368 e. The number of aromatic amines is 1. The van der Waals surface area contributed by atoms with Gasteiger partial charge in [-0.1, -0.05) is 23.7 Å². The van der Waals surface area contributed by atoms with E-state index in [0.29, 0.717) is 28.9 Å². The van der Waals surface area contributed by atoms with E-state index in [9.17, 15) is 14.4 Å². The molecule has 0 saturated carbocycles. The number of rotatable bonds is 4. The smallest absolute Gasteiger partial charge is 0.273 e. The van der Waals surface area contributed by atoms with Gasteiger partial charge in [0.15, 0.2) is 0 Å². The van der Waals surface area contributed by atoms with E-state index in [2.05, 4.69) is 10.00 Å². The van der Waals surface area contributed by atoms with Crippen molar-refractivity contribution < 1.29 is 4.79 Å². The number of benzene rings is 2. The molecule has 150 valence electrons. The lowest BCUT2D eigenvalue weighted by Crippen LogP contribution is -2.49. The third-order valence-corrected chi connectivity index (χ3v) is 5.51. The van der Waals surface area contributed by atoms with Crippen LogP contribution in [0.4, 0.5) is 5.69 Å². The lowest BCUT2D eigenvalue weighted by Gasteiger charge is -2.36. The van der Waals surface area contributed by atoms with Crippen molar-refractivity contribution in [2.24, 2.45) is 0 Å². The van der Waals surface area contributed by atoms with Gasteiger partial charge in [-0.2, -0.15) is 0 Å². The number of anilines is 1. The van der Waals surface area contributed by atoms with Crippen LogP contribution in [0.5, 0.6) is 0 Å². The zero-order chi connectivity index (χ0) is 20.4. The molecule has 0 aliphatic carbocycles. The van der Waals surface area contributed by atoms with Crippen LogP contribution in [0.25, 0.3) is 10.8 Å². The van der Waals surface area contributed by atoms with E-state index in [-0.39, 0.29) is 30.0 Å². The highest BCUT2D eigenvalue weighted by molar-refractivity contribution is 6.30. The average molecular weight is 413 g/mol. The molecule has 1 amide bonds. The molecule has 29 heavy (non-hydrogen) atoms. The monoisotopic (exact) mass is 412 g/mol. The van der Waals surface area contributed by atoms with E-state index in [1.807, 2.05) is 24.3 Å². The fourth-order valence-electron chi connectivity index (χ4n) is 3.64. The standard InChI is InChI=1S/C21H21ClN4O3/c22-15-5-7-16(8-6-15)24-11-13-25(14-12-24)19(27)9-10-26-21(29)18-4-2-1-3-17(18)20(28)23-26/h1-8H,9-14H2,(H,23,28). The van der Waals surface area contributed by atoms with Crippen molar-refractivity contribution in [1.82, 2.24) is 14.7 Å². The van der Waals surface area contributed by atoms with Crippen molar-refractivity contribution >= 4 is 34.0 Å². The first kappa shape index (κ1) is 19.3. The number of halogens is 1. The Morgan fingerprint density at radius 1 is 0.931 bits per heavy atom. The van der Waals surface area contributed by atoms with E-state index in [4.69, 9.17) is 11.6 Å². The molecule has 1 aromatic heterocycles. The van der Waals surface area contributed by atoms with E-state index in [0.717, 1.165) is 18.8 Å². The van der Waals surface area contributed by atoms with E-state index in [1.54, 1.807) is 29.2 Å². The maximum atomic E-state index is 12.6. The quantitative estimate of drug-likeness (QED) is 0.711. The first-order valence-electron chi connectivity index (χ1n) is 9.53. The van der Waals surface area contributed by atoms with Gasteiger partial charge in [-0.05, 0) is 36.4 Å². The fraction of sp³-hybridized carbons (Fsp3) is 0.286. The summed E-state index contributed by atoms with van der Waals surface area (Å²) >= 11 is 5.94. The maximum absolute atomic E-state index is 12.6. The van der Waals surface area contributed by atoms with E-state index < -0.39 is 0 Å². The molecular weight excluding hydrogens is 392 g/mol. The summed E-state index contributed by atoms with van der Waals surface area (Å²) in [6.07, 6.45) is 0.162. The molecule has 1 N–H and O–H groups in total. The number of carbonyl (C=O) groups excluding carboxylic acids is 1. The van der Waals surface area contributed by atoms with Crippen LogP contribution in [-0.4, -0.2) is 46.8 Å². The molecule has 2 heterocycles. The first-order chi connectivity index (χ1) is 14.0. The van der Waals surface area contributed by atoms with Crippen molar-refractivity contribution in [3.05, 3.63) is 74.3 Å². The Morgan fingerprint density at radius 2 is 1.59 bits per heavy atom. The number of aryl methyl sites for hydroxylation is 1. The predicted octanol–water partition coefficient (Wildman–Crippen LogP) is 2.08. The van der Waals surface area contributed by atoms with Crippen molar-refractivity contribution in [3.8, 4) is 0 Å². The number of hydrogen-bond donors (Lipinski definition) is 1. The molecule has 0 unspecified atom stereocenters. The van der Waals surface area contributed by atoms with Gasteiger partial charge in [0.05, 0.1) is 17.3 Å². The average Bonchev–Trinajstić information content (AvgIpc) is 2.76. The number of nitrogens with one attached hydrogen (secondary N) is 1. The van der Waals surface area contributed by atoms with Gasteiger partial charge >= 0.3 is 0 Å². The Morgan fingerprint density at radius 3 is 2.28 bits per heavy atom. The summed E-state index contributed by atoms with van der Waals surface area (Å²) < 4.78 is 1.23. The van der Waals surface area contributed by atoms with Crippen molar-refractivity contribution in [2.45, 2.75) is 13.0 Å². The molecule has 1 aliphatic rings. The van der Waals surface area contributed by atoms with Gasteiger partial charge in [0.25, 0.3) is 11.1 Å². The summed E-state index contributed by atoms with van der Waals surface area (Å²) in [5, 5.41) is 3.99. The van der Waals surface area contributed by atoms with E-state index >= 15 is 0 Å². The summed E-state index contributed by atoms with van der Waals surface area (Å²) in [6.45, 7) is 2.85. The van der Waals surface area contributed by atoms with Gasteiger partial charge in [-0.15, -0.1) is 0 Å². The normalized spacial score (nSPS) is 14.4. The van der Waals surface area contributed by atoms with Crippen LogP contribution in [0, 0.1) is 0 Å². The van der Waals surface area contributed by atoms with Gasteiger partial charge < -0.3 is 9.80 Å². The number of H-pyrrole nitrogens is 1. The third-order valence-electron chi connectivity index (χ3n) is 5.26. The zero-order valence-corrected chi connectivity index (χ0v) is 16.6.